The number of anilines is 1. The van der Waals surface area contributed by atoms with Crippen LogP contribution in [-0.4, -0.2) is 54.4 Å². The minimum atomic E-state index is -0.393. The van der Waals surface area contributed by atoms with Gasteiger partial charge in [-0.1, -0.05) is 6.92 Å². The van der Waals surface area contributed by atoms with Crippen LogP contribution in [0.15, 0.2) is 12.7 Å². The van der Waals surface area contributed by atoms with Crippen LogP contribution in [-0.2, 0) is 4.74 Å². The molecule has 1 aliphatic rings. The molecule has 0 aromatic carbocycles. The fraction of sp³-hybridized carbons (Fsp3) is 0.583. The molecule has 0 saturated carbocycles. The smallest absolute Gasteiger partial charge is 0.167 e. The molecule has 0 radical (unpaired) electrons. The van der Waals surface area contributed by atoms with Crippen LogP contribution in [0, 0.1) is 0 Å². The van der Waals surface area contributed by atoms with Crippen LogP contribution in [0.25, 0.3) is 11.2 Å². The van der Waals surface area contributed by atoms with Gasteiger partial charge >= 0.3 is 0 Å². The Morgan fingerprint density at radius 1 is 1.43 bits per heavy atom. The number of thioether (sulfide) groups is 1. The van der Waals surface area contributed by atoms with Gasteiger partial charge in [0.15, 0.2) is 17.7 Å². The van der Waals surface area contributed by atoms with E-state index in [0.717, 1.165) is 5.75 Å². The molecule has 1 saturated heterocycles. The molecular formula is C12H18N6O2S. The number of nitrogens with two attached hydrogens (primary N) is 2. The lowest BCUT2D eigenvalue weighted by Crippen LogP contribution is -2.39. The summed E-state index contributed by atoms with van der Waals surface area (Å²) < 4.78 is 7.72. The van der Waals surface area contributed by atoms with Gasteiger partial charge in [0, 0.05) is 6.04 Å². The second-order valence-corrected chi connectivity index (χ2v) is 6.28. The van der Waals surface area contributed by atoms with Gasteiger partial charge < -0.3 is 21.3 Å². The number of rotatable bonds is 4. The Balaban J connectivity index is 2.02. The number of nitrogens with zero attached hydrogens (tertiary/aromatic N) is 4. The van der Waals surface area contributed by atoms with Crippen molar-refractivity contribution in [3.8, 4) is 0 Å². The molecule has 0 amide bonds. The fourth-order valence-corrected chi connectivity index (χ4v) is 3.72. The first-order chi connectivity index (χ1) is 10.2. The van der Waals surface area contributed by atoms with Crippen LogP contribution in [0.1, 0.15) is 13.2 Å². The number of hydrogen-bond donors (Lipinski definition) is 3. The van der Waals surface area contributed by atoms with Gasteiger partial charge in [0.1, 0.15) is 11.8 Å². The molecule has 9 heteroatoms. The number of imidazole rings is 1. The minimum absolute atomic E-state index is 0.0146. The third-order valence-electron chi connectivity index (χ3n) is 3.60. The predicted octanol–water partition coefficient (Wildman–Crippen LogP) is -0.253. The normalized spacial score (nSPS) is 29.3. The summed E-state index contributed by atoms with van der Waals surface area (Å²) in [5.74, 6) is 1.24. The van der Waals surface area contributed by atoms with Crippen molar-refractivity contribution in [1.82, 2.24) is 19.5 Å². The zero-order valence-electron chi connectivity index (χ0n) is 11.6. The standard InChI is InChI=1S/C12H18N6O2S/c1-2-21-9-7(13)6(3-19)20-12(9)18-5-17-8-10(14)15-4-16-11(8)18/h4-7,9,12,19H,2-3,13H2,1H3,(H2,14,15,16)/t6-,7-,9+,12-/m1/s1. The van der Waals surface area contributed by atoms with Gasteiger partial charge in [0.25, 0.3) is 0 Å². The van der Waals surface area contributed by atoms with Gasteiger partial charge in [0.05, 0.1) is 24.3 Å². The molecule has 1 aliphatic heterocycles. The molecule has 0 spiro atoms. The molecule has 3 heterocycles. The van der Waals surface area contributed by atoms with Crippen molar-refractivity contribution in [3.05, 3.63) is 12.7 Å². The minimum Gasteiger partial charge on any atom is -0.394 e. The number of ether oxygens (including phenoxy) is 1. The Morgan fingerprint density at radius 3 is 2.95 bits per heavy atom. The van der Waals surface area contributed by atoms with Crippen LogP contribution in [0.3, 0.4) is 0 Å². The van der Waals surface area contributed by atoms with E-state index in [9.17, 15) is 5.11 Å². The first-order valence-electron chi connectivity index (χ1n) is 6.73. The number of aromatic nitrogens is 4. The molecule has 3 rings (SSSR count). The maximum atomic E-state index is 9.41. The van der Waals surface area contributed by atoms with E-state index in [4.69, 9.17) is 16.2 Å². The van der Waals surface area contributed by atoms with Gasteiger partial charge in [-0.05, 0) is 5.75 Å². The van der Waals surface area contributed by atoms with Gasteiger partial charge in [-0.25, -0.2) is 15.0 Å². The summed E-state index contributed by atoms with van der Waals surface area (Å²) in [5, 5.41) is 9.42. The lowest BCUT2D eigenvalue weighted by molar-refractivity contribution is -0.0223. The average molecular weight is 310 g/mol. The highest BCUT2D eigenvalue weighted by Crippen LogP contribution is 2.37. The monoisotopic (exact) mass is 310 g/mol. The molecule has 8 nitrogen and oxygen atoms in total. The summed E-state index contributed by atoms with van der Waals surface area (Å²) in [7, 11) is 0. The van der Waals surface area contributed by atoms with E-state index in [1.165, 1.54) is 6.33 Å². The van der Waals surface area contributed by atoms with Crippen molar-refractivity contribution in [2.24, 2.45) is 5.73 Å². The van der Waals surface area contributed by atoms with E-state index in [1.54, 1.807) is 18.1 Å². The Morgan fingerprint density at radius 2 is 2.24 bits per heavy atom. The molecule has 5 N–H and O–H groups in total. The Hall–Kier alpha value is -1.42. The van der Waals surface area contributed by atoms with Crippen LogP contribution < -0.4 is 11.5 Å². The average Bonchev–Trinajstić information content (AvgIpc) is 3.03. The van der Waals surface area contributed by atoms with Gasteiger partial charge in [-0.15, -0.1) is 0 Å². The van der Waals surface area contributed by atoms with Crippen LogP contribution >= 0.6 is 11.8 Å². The molecular weight excluding hydrogens is 292 g/mol. The van der Waals surface area contributed by atoms with E-state index in [0.29, 0.717) is 17.0 Å². The van der Waals surface area contributed by atoms with Gasteiger partial charge in [0.2, 0.25) is 0 Å². The summed E-state index contributed by atoms with van der Waals surface area (Å²) in [6.45, 7) is 1.95. The summed E-state index contributed by atoms with van der Waals surface area (Å²) in [4.78, 5) is 12.4. The molecule has 0 unspecified atom stereocenters. The van der Waals surface area contributed by atoms with Crippen LogP contribution in [0.5, 0.6) is 0 Å². The summed E-state index contributed by atoms with van der Waals surface area (Å²) >= 11 is 1.70. The molecule has 114 valence electrons. The van der Waals surface area contributed by atoms with Crippen molar-refractivity contribution in [2.75, 3.05) is 18.1 Å². The number of fused-ring (bicyclic) bond motifs is 1. The van der Waals surface area contributed by atoms with Crippen molar-refractivity contribution >= 4 is 28.7 Å². The van der Waals surface area contributed by atoms with Gasteiger partial charge in [-0.3, -0.25) is 4.57 Å². The molecule has 2 aromatic heterocycles. The number of aliphatic hydroxyl groups excluding tert-OH is 1. The quantitative estimate of drug-likeness (QED) is 0.706. The van der Waals surface area contributed by atoms with Crippen molar-refractivity contribution in [1.29, 1.82) is 0 Å². The summed E-state index contributed by atoms with van der Waals surface area (Å²) in [5.41, 5.74) is 13.2. The number of nitrogen functional groups attached to an aromatic ring is 1. The number of aliphatic hydroxyl groups is 1. The van der Waals surface area contributed by atoms with Crippen LogP contribution in [0.2, 0.25) is 0 Å². The Labute approximate surface area is 125 Å². The summed E-state index contributed by atoms with van der Waals surface area (Å²) in [6.07, 6.45) is 2.31. The zero-order valence-corrected chi connectivity index (χ0v) is 12.4. The van der Waals surface area contributed by atoms with Gasteiger partial charge in [-0.2, -0.15) is 11.8 Å². The first kappa shape index (κ1) is 14.5. The third-order valence-corrected chi connectivity index (χ3v) is 4.87. The summed E-state index contributed by atoms with van der Waals surface area (Å²) in [6, 6.07) is -0.249. The predicted molar refractivity (Wildman–Crippen MR) is 80.6 cm³/mol. The zero-order chi connectivity index (χ0) is 15.0. The maximum Gasteiger partial charge on any atom is 0.167 e. The first-order valence-corrected chi connectivity index (χ1v) is 7.78. The highest BCUT2D eigenvalue weighted by atomic mass is 32.2. The second-order valence-electron chi connectivity index (χ2n) is 4.83. The van der Waals surface area contributed by atoms with E-state index in [2.05, 4.69) is 21.9 Å². The van der Waals surface area contributed by atoms with Crippen molar-refractivity contribution < 1.29 is 9.84 Å². The second kappa shape index (κ2) is 5.76. The third kappa shape index (κ3) is 2.35. The highest BCUT2D eigenvalue weighted by molar-refractivity contribution is 7.99. The molecule has 0 aliphatic carbocycles. The highest BCUT2D eigenvalue weighted by Gasteiger charge is 2.43. The van der Waals surface area contributed by atoms with E-state index in [-0.39, 0.29) is 24.1 Å². The largest absolute Gasteiger partial charge is 0.394 e. The SMILES string of the molecule is CCS[C@H]1[C@H](N)[C@@H](CO)O[C@H]1n1cnc2c(N)ncnc21. The molecule has 2 aromatic rings. The number of hydrogen-bond acceptors (Lipinski definition) is 8. The molecule has 21 heavy (non-hydrogen) atoms. The van der Waals surface area contributed by atoms with E-state index >= 15 is 0 Å². The molecule has 0 bridgehead atoms. The van der Waals surface area contributed by atoms with Crippen molar-refractivity contribution in [2.45, 2.75) is 30.5 Å². The van der Waals surface area contributed by atoms with Crippen molar-refractivity contribution in [3.63, 3.8) is 0 Å². The molecule has 4 atom stereocenters. The molecule has 1 fully saturated rings. The lowest BCUT2D eigenvalue weighted by atomic mass is 10.1. The topological polar surface area (TPSA) is 125 Å². The van der Waals surface area contributed by atoms with Crippen LogP contribution in [0.4, 0.5) is 5.82 Å². The Kier molecular flexibility index (Phi) is 3.98. The Bertz CT molecular complexity index is 635. The lowest BCUT2D eigenvalue weighted by Gasteiger charge is -2.21. The van der Waals surface area contributed by atoms with E-state index in [1.807, 2.05) is 4.57 Å². The van der Waals surface area contributed by atoms with E-state index < -0.39 is 6.10 Å². The maximum absolute atomic E-state index is 9.41. The fourth-order valence-electron chi connectivity index (χ4n) is 2.58.